The topological polar surface area (TPSA) is 49.9 Å². The molecule has 0 amide bonds. The van der Waals surface area contributed by atoms with Crippen LogP contribution in [0.4, 0.5) is 5.69 Å². The number of rotatable bonds is 2. The van der Waals surface area contributed by atoms with Gasteiger partial charge in [0, 0.05) is 22.7 Å². The number of hydrogen-bond donors (Lipinski definition) is 0. The molecule has 0 saturated heterocycles. The first kappa shape index (κ1) is 12.2. The third-order valence-electron chi connectivity index (χ3n) is 2.39. The van der Waals surface area contributed by atoms with Gasteiger partial charge in [0.05, 0.1) is 11.6 Å². The summed E-state index contributed by atoms with van der Waals surface area (Å²) >= 11 is 5.75. The van der Waals surface area contributed by atoms with Crippen molar-refractivity contribution in [3.05, 3.63) is 69.9 Å². The lowest BCUT2D eigenvalue weighted by molar-refractivity contribution is -0.354. The molecule has 2 rings (SSSR count). The third kappa shape index (κ3) is 2.88. The first-order valence-electron chi connectivity index (χ1n) is 5.26. The number of hydrogen-bond acceptors (Lipinski definition) is 2. The lowest BCUT2D eigenvalue weighted by Crippen LogP contribution is -1.98. The molecule has 88 valence electrons. The molecule has 0 N–H and O–H groups in total. The minimum Gasteiger partial charge on any atom is -0.618 e. The lowest BCUT2D eigenvalue weighted by Gasteiger charge is -2.02. The van der Waals surface area contributed by atoms with Crippen molar-refractivity contribution in [3.8, 4) is 6.07 Å². The van der Waals surface area contributed by atoms with Gasteiger partial charge in [0.2, 0.25) is 5.69 Å². The monoisotopic (exact) mass is 256 g/mol. The Hall–Kier alpha value is -2.31. The average molecular weight is 257 g/mol. The van der Waals surface area contributed by atoms with Crippen LogP contribution in [0.5, 0.6) is 0 Å². The summed E-state index contributed by atoms with van der Waals surface area (Å²) in [7, 11) is 0. The smallest absolute Gasteiger partial charge is 0.216 e. The van der Waals surface area contributed by atoms with Crippen molar-refractivity contribution >= 4 is 23.5 Å². The maximum atomic E-state index is 11.8. The summed E-state index contributed by atoms with van der Waals surface area (Å²) in [5.41, 5.74) is 1.80. The van der Waals surface area contributed by atoms with E-state index in [0.717, 1.165) is 10.3 Å². The number of benzene rings is 2. The SMILES string of the molecule is N#Cc1ccc(/C=[N+](\[O-])c2ccc(Cl)cc2)cc1. The van der Waals surface area contributed by atoms with Crippen LogP contribution < -0.4 is 0 Å². The molecule has 0 fully saturated rings. The Morgan fingerprint density at radius 1 is 1.06 bits per heavy atom. The Morgan fingerprint density at radius 3 is 2.22 bits per heavy atom. The van der Waals surface area contributed by atoms with Crippen molar-refractivity contribution in [2.45, 2.75) is 0 Å². The average Bonchev–Trinajstić information content (AvgIpc) is 2.40. The molecule has 3 nitrogen and oxygen atoms in total. The molecule has 2 aromatic carbocycles. The Kier molecular flexibility index (Phi) is 3.61. The fourth-order valence-electron chi connectivity index (χ4n) is 1.44. The van der Waals surface area contributed by atoms with Gasteiger partial charge in [-0.05, 0) is 36.4 Å². The van der Waals surface area contributed by atoms with Crippen molar-refractivity contribution < 1.29 is 4.74 Å². The molecule has 0 radical (unpaired) electrons. The summed E-state index contributed by atoms with van der Waals surface area (Å²) in [5.74, 6) is 0. The Morgan fingerprint density at radius 2 is 1.67 bits per heavy atom. The van der Waals surface area contributed by atoms with Gasteiger partial charge in [-0.2, -0.15) is 10.0 Å². The second-order valence-electron chi connectivity index (χ2n) is 3.67. The summed E-state index contributed by atoms with van der Waals surface area (Å²) in [6, 6.07) is 15.4. The molecule has 18 heavy (non-hydrogen) atoms. The highest BCUT2D eigenvalue weighted by atomic mass is 35.5. The predicted octanol–water partition coefficient (Wildman–Crippen LogP) is 3.47. The maximum Gasteiger partial charge on any atom is 0.216 e. The Balaban J connectivity index is 2.26. The zero-order valence-corrected chi connectivity index (χ0v) is 10.1. The van der Waals surface area contributed by atoms with Gasteiger partial charge in [-0.25, -0.2) is 0 Å². The van der Waals surface area contributed by atoms with Gasteiger partial charge in [-0.1, -0.05) is 11.6 Å². The molecule has 0 aliphatic rings. The summed E-state index contributed by atoms with van der Waals surface area (Å²) < 4.78 is 0.762. The largest absolute Gasteiger partial charge is 0.618 e. The van der Waals surface area contributed by atoms with Gasteiger partial charge in [-0.15, -0.1) is 0 Å². The van der Waals surface area contributed by atoms with Gasteiger partial charge in [0.25, 0.3) is 0 Å². The van der Waals surface area contributed by atoms with E-state index < -0.39 is 0 Å². The van der Waals surface area contributed by atoms with E-state index in [1.165, 1.54) is 6.21 Å². The zero-order valence-electron chi connectivity index (χ0n) is 9.38. The Bertz CT molecular complexity index is 610. The molecular formula is C14H9ClN2O. The minimum atomic E-state index is 0.503. The highest BCUT2D eigenvalue weighted by Crippen LogP contribution is 2.15. The molecule has 4 heteroatoms. The first-order valence-corrected chi connectivity index (χ1v) is 5.64. The molecule has 0 spiro atoms. The summed E-state index contributed by atoms with van der Waals surface area (Å²) in [6.07, 6.45) is 1.45. The van der Waals surface area contributed by atoms with E-state index in [1.807, 2.05) is 6.07 Å². The minimum absolute atomic E-state index is 0.503. The number of halogens is 1. The van der Waals surface area contributed by atoms with Crippen LogP contribution in [0.25, 0.3) is 0 Å². The standard InChI is InChI=1S/C14H9ClN2O/c15-13-5-7-14(8-6-13)17(18)10-12-3-1-11(9-16)2-4-12/h1-8,10H/b17-10-. The predicted molar refractivity (Wildman–Crippen MR) is 71.1 cm³/mol. The van der Waals surface area contributed by atoms with E-state index >= 15 is 0 Å². The van der Waals surface area contributed by atoms with Crippen LogP contribution in [0.15, 0.2) is 48.5 Å². The van der Waals surface area contributed by atoms with E-state index in [1.54, 1.807) is 48.5 Å². The van der Waals surface area contributed by atoms with E-state index in [4.69, 9.17) is 16.9 Å². The van der Waals surface area contributed by atoms with Gasteiger partial charge >= 0.3 is 0 Å². The van der Waals surface area contributed by atoms with Crippen LogP contribution >= 0.6 is 11.6 Å². The Labute approximate surface area is 110 Å². The second-order valence-corrected chi connectivity index (χ2v) is 4.10. The van der Waals surface area contributed by atoms with E-state index in [2.05, 4.69) is 0 Å². The van der Waals surface area contributed by atoms with Crippen LogP contribution in [0.2, 0.25) is 5.02 Å². The number of nitriles is 1. The van der Waals surface area contributed by atoms with E-state index in [0.29, 0.717) is 16.3 Å². The highest BCUT2D eigenvalue weighted by molar-refractivity contribution is 6.30. The highest BCUT2D eigenvalue weighted by Gasteiger charge is 2.01. The fraction of sp³-hybridized carbons (Fsp3) is 0. The molecule has 2 aromatic rings. The van der Waals surface area contributed by atoms with Gasteiger partial charge in [0.15, 0.2) is 6.21 Å². The molecule has 0 aromatic heterocycles. The van der Waals surface area contributed by atoms with Crippen molar-refractivity contribution in [2.75, 3.05) is 0 Å². The molecule has 0 aliphatic carbocycles. The maximum absolute atomic E-state index is 11.8. The van der Waals surface area contributed by atoms with Crippen LogP contribution in [0.3, 0.4) is 0 Å². The van der Waals surface area contributed by atoms with Gasteiger partial charge in [0.1, 0.15) is 0 Å². The van der Waals surface area contributed by atoms with Crippen LogP contribution in [0, 0.1) is 16.5 Å². The first-order chi connectivity index (χ1) is 8.69. The molecule has 0 aliphatic heterocycles. The van der Waals surface area contributed by atoms with Crippen LogP contribution in [-0.2, 0) is 0 Å². The van der Waals surface area contributed by atoms with Crippen LogP contribution in [0.1, 0.15) is 11.1 Å². The molecule has 0 bridgehead atoms. The van der Waals surface area contributed by atoms with Crippen molar-refractivity contribution in [2.24, 2.45) is 0 Å². The van der Waals surface area contributed by atoms with Gasteiger partial charge in [-0.3, -0.25) is 0 Å². The summed E-state index contributed by atoms with van der Waals surface area (Å²) in [6.45, 7) is 0. The van der Waals surface area contributed by atoms with Crippen molar-refractivity contribution in [1.29, 1.82) is 5.26 Å². The zero-order chi connectivity index (χ0) is 13.0. The summed E-state index contributed by atoms with van der Waals surface area (Å²) in [5, 5.41) is 21.1. The quantitative estimate of drug-likeness (QED) is 0.357. The third-order valence-corrected chi connectivity index (χ3v) is 2.64. The number of nitrogens with zero attached hydrogens (tertiary/aromatic N) is 2. The fourth-order valence-corrected chi connectivity index (χ4v) is 1.57. The molecule has 0 atom stereocenters. The van der Waals surface area contributed by atoms with E-state index in [-0.39, 0.29) is 0 Å². The van der Waals surface area contributed by atoms with Crippen molar-refractivity contribution in [3.63, 3.8) is 0 Å². The summed E-state index contributed by atoms with van der Waals surface area (Å²) in [4.78, 5) is 0. The molecule has 0 unspecified atom stereocenters. The van der Waals surface area contributed by atoms with Gasteiger partial charge < -0.3 is 5.21 Å². The lowest BCUT2D eigenvalue weighted by atomic mass is 10.2. The second kappa shape index (κ2) is 5.35. The van der Waals surface area contributed by atoms with E-state index in [9.17, 15) is 5.21 Å². The molecule has 0 heterocycles. The normalized spacial score (nSPS) is 11.0. The molecular weight excluding hydrogens is 248 g/mol. The molecule has 0 saturated carbocycles. The van der Waals surface area contributed by atoms with Crippen LogP contribution in [-0.4, -0.2) is 11.0 Å². The van der Waals surface area contributed by atoms with Crippen molar-refractivity contribution in [1.82, 2.24) is 0 Å².